The van der Waals surface area contributed by atoms with E-state index in [1.54, 1.807) is 6.20 Å². The number of rotatable bonds is 4. The molecule has 0 fully saturated rings. The fourth-order valence-electron chi connectivity index (χ4n) is 2.08. The van der Waals surface area contributed by atoms with Crippen LogP contribution in [-0.2, 0) is 16.0 Å². The molecule has 1 heterocycles. The van der Waals surface area contributed by atoms with Gasteiger partial charge in [0.1, 0.15) is 5.60 Å². The Hall–Kier alpha value is -2.16. The lowest BCUT2D eigenvalue weighted by atomic mass is 10.0. The van der Waals surface area contributed by atoms with Gasteiger partial charge in [-0.3, -0.25) is 9.78 Å². The van der Waals surface area contributed by atoms with E-state index in [-0.39, 0.29) is 5.97 Å². The first kappa shape index (κ1) is 15.2. The fraction of sp³-hybridized carbons (Fsp3) is 0.333. The molecule has 0 atom stereocenters. The second kappa shape index (κ2) is 6.53. The van der Waals surface area contributed by atoms with Gasteiger partial charge in [0.05, 0.1) is 0 Å². The second-order valence-electron chi connectivity index (χ2n) is 6.03. The van der Waals surface area contributed by atoms with E-state index < -0.39 is 5.60 Å². The molecule has 1 aromatic carbocycles. The largest absolute Gasteiger partial charge is 0.460 e. The fourth-order valence-corrected chi connectivity index (χ4v) is 2.08. The van der Waals surface area contributed by atoms with Gasteiger partial charge in [-0.1, -0.05) is 30.3 Å². The average molecular weight is 283 g/mol. The van der Waals surface area contributed by atoms with Crippen molar-refractivity contribution in [2.45, 2.75) is 39.2 Å². The first-order chi connectivity index (χ1) is 9.94. The van der Waals surface area contributed by atoms with Crippen LogP contribution in [0.1, 0.15) is 32.8 Å². The topological polar surface area (TPSA) is 39.2 Å². The molecule has 21 heavy (non-hydrogen) atoms. The molecular formula is C18H21NO2. The van der Waals surface area contributed by atoms with E-state index in [0.717, 1.165) is 16.7 Å². The molecule has 0 radical (unpaired) electrons. The summed E-state index contributed by atoms with van der Waals surface area (Å²) in [6.45, 7) is 5.65. The average Bonchev–Trinajstić information content (AvgIpc) is 2.45. The minimum atomic E-state index is -0.422. The third-order valence-corrected chi connectivity index (χ3v) is 2.96. The lowest BCUT2D eigenvalue weighted by Crippen LogP contribution is -2.24. The summed E-state index contributed by atoms with van der Waals surface area (Å²) < 4.78 is 5.33. The first-order valence-electron chi connectivity index (χ1n) is 7.15. The van der Waals surface area contributed by atoms with Crippen molar-refractivity contribution in [1.82, 2.24) is 4.98 Å². The lowest BCUT2D eigenvalue weighted by Gasteiger charge is -2.19. The molecule has 0 saturated carbocycles. The molecule has 0 bridgehead atoms. The highest BCUT2D eigenvalue weighted by Gasteiger charge is 2.15. The van der Waals surface area contributed by atoms with Crippen LogP contribution in [0.3, 0.4) is 0 Å². The molecule has 0 aliphatic rings. The molecule has 110 valence electrons. The summed E-state index contributed by atoms with van der Waals surface area (Å²) >= 11 is 0. The molecule has 2 rings (SSSR count). The van der Waals surface area contributed by atoms with E-state index in [2.05, 4.69) is 11.1 Å². The Morgan fingerprint density at radius 2 is 1.90 bits per heavy atom. The molecule has 0 N–H and O–H groups in total. The lowest BCUT2D eigenvalue weighted by molar-refractivity contribution is -0.154. The number of benzene rings is 1. The zero-order valence-corrected chi connectivity index (χ0v) is 12.8. The van der Waals surface area contributed by atoms with Crippen molar-refractivity contribution in [2.24, 2.45) is 0 Å². The molecule has 0 amide bonds. The van der Waals surface area contributed by atoms with E-state index in [4.69, 9.17) is 4.74 Å². The zero-order chi connectivity index (χ0) is 15.3. The maximum absolute atomic E-state index is 11.8. The van der Waals surface area contributed by atoms with Gasteiger partial charge in [0.15, 0.2) is 0 Å². The Balaban J connectivity index is 2.01. The normalized spacial score (nSPS) is 11.2. The van der Waals surface area contributed by atoms with Crippen molar-refractivity contribution < 1.29 is 9.53 Å². The standard InChI is InChI=1S/C18H21NO2/c1-18(2,3)21-17(20)10-9-14-6-4-7-15(12-14)16-8-5-11-19-13-16/h4-8,11-13H,9-10H2,1-3H3. The van der Waals surface area contributed by atoms with Crippen molar-refractivity contribution in [3.05, 3.63) is 54.4 Å². The van der Waals surface area contributed by atoms with Crippen molar-refractivity contribution in [3.63, 3.8) is 0 Å². The maximum atomic E-state index is 11.8. The molecular weight excluding hydrogens is 262 g/mol. The number of carbonyl (C=O) groups excluding carboxylic acids is 1. The predicted octanol–water partition coefficient (Wildman–Crippen LogP) is 4.02. The number of ether oxygens (including phenoxy) is 1. The van der Waals surface area contributed by atoms with Crippen LogP contribution >= 0.6 is 0 Å². The molecule has 2 aromatic rings. The van der Waals surface area contributed by atoms with Crippen molar-refractivity contribution in [3.8, 4) is 11.1 Å². The highest BCUT2D eigenvalue weighted by molar-refractivity contribution is 5.70. The van der Waals surface area contributed by atoms with E-state index in [9.17, 15) is 4.79 Å². The van der Waals surface area contributed by atoms with Crippen LogP contribution in [0.25, 0.3) is 11.1 Å². The number of aryl methyl sites for hydroxylation is 1. The second-order valence-corrected chi connectivity index (χ2v) is 6.03. The third-order valence-electron chi connectivity index (χ3n) is 2.96. The summed E-state index contributed by atoms with van der Waals surface area (Å²) in [6, 6.07) is 12.1. The van der Waals surface area contributed by atoms with Gasteiger partial charge in [0.2, 0.25) is 0 Å². The van der Waals surface area contributed by atoms with Crippen LogP contribution in [0.5, 0.6) is 0 Å². The van der Waals surface area contributed by atoms with Crippen molar-refractivity contribution in [2.75, 3.05) is 0 Å². The highest BCUT2D eigenvalue weighted by Crippen LogP contribution is 2.20. The number of hydrogen-bond acceptors (Lipinski definition) is 3. The van der Waals surface area contributed by atoms with Crippen LogP contribution in [0.4, 0.5) is 0 Å². The van der Waals surface area contributed by atoms with Crippen molar-refractivity contribution in [1.29, 1.82) is 0 Å². The van der Waals surface area contributed by atoms with Gasteiger partial charge in [-0.2, -0.15) is 0 Å². The molecule has 0 spiro atoms. The number of aromatic nitrogens is 1. The van der Waals surface area contributed by atoms with Crippen LogP contribution in [-0.4, -0.2) is 16.6 Å². The number of pyridine rings is 1. The van der Waals surface area contributed by atoms with E-state index in [1.165, 1.54) is 0 Å². The monoisotopic (exact) mass is 283 g/mol. The summed E-state index contributed by atoms with van der Waals surface area (Å²) in [5.74, 6) is -0.158. The smallest absolute Gasteiger partial charge is 0.306 e. The minimum Gasteiger partial charge on any atom is -0.460 e. The summed E-state index contributed by atoms with van der Waals surface area (Å²) in [5.41, 5.74) is 2.90. The summed E-state index contributed by atoms with van der Waals surface area (Å²) in [4.78, 5) is 15.9. The SMILES string of the molecule is CC(C)(C)OC(=O)CCc1cccc(-c2cccnc2)c1. The van der Waals surface area contributed by atoms with Gasteiger partial charge in [0.25, 0.3) is 0 Å². The summed E-state index contributed by atoms with van der Waals surface area (Å²) in [6.07, 6.45) is 4.68. The number of esters is 1. The van der Waals surface area contributed by atoms with Gasteiger partial charge in [0, 0.05) is 18.8 Å². The Labute approximate surface area is 126 Å². The molecule has 0 saturated heterocycles. The molecule has 0 aliphatic heterocycles. The Morgan fingerprint density at radius 3 is 2.57 bits per heavy atom. The van der Waals surface area contributed by atoms with E-state index >= 15 is 0 Å². The minimum absolute atomic E-state index is 0.158. The molecule has 3 nitrogen and oxygen atoms in total. The molecule has 1 aromatic heterocycles. The first-order valence-corrected chi connectivity index (χ1v) is 7.15. The number of hydrogen-bond donors (Lipinski definition) is 0. The Kier molecular flexibility index (Phi) is 4.73. The third kappa shape index (κ3) is 5.03. The quantitative estimate of drug-likeness (QED) is 0.795. The zero-order valence-electron chi connectivity index (χ0n) is 12.8. The van der Waals surface area contributed by atoms with Gasteiger partial charge in [-0.15, -0.1) is 0 Å². The van der Waals surface area contributed by atoms with Crippen LogP contribution < -0.4 is 0 Å². The van der Waals surface area contributed by atoms with Gasteiger partial charge in [-0.05, 0) is 49.9 Å². The van der Waals surface area contributed by atoms with E-state index in [1.807, 2.05) is 57.3 Å². The van der Waals surface area contributed by atoms with Crippen LogP contribution in [0.2, 0.25) is 0 Å². The summed E-state index contributed by atoms with van der Waals surface area (Å²) in [5, 5.41) is 0. The number of carbonyl (C=O) groups is 1. The molecule has 3 heteroatoms. The van der Waals surface area contributed by atoms with Crippen molar-refractivity contribution >= 4 is 5.97 Å². The van der Waals surface area contributed by atoms with Gasteiger partial charge >= 0.3 is 5.97 Å². The Morgan fingerprint density at radius 1 is 1.14 bits per heavy atom. The van der Waals surface area contributed by atoms with Gasteiger partial charge < -0.3 is 4.74 Å². The van der Waals surface area contributed by atoms with Crippen LogP contribution in [0.15, 0.2) is 48.8 Å². The maximum Gasteiger partial charge on any atom is 0.306 e. The van der Waals surface area contributed by atoms with Crippen LogP contribution in [0, 0.1) is 0 Å². The number of nitrogens with zero attached hydrogens (tertiary/aromatic N) is 1. The van der Waals surface area contributed by atoms with Gasteiger partial charge in [-0.25, -0.2) is 0 Å². The summed E-state index contributed by atoms with van der Waals surface area (Å²) in [7, 11) is 0. The highest BCUT2D eigenvalue weighted by atomic mass is 16.6. The van der Waals surface area contributed by atoms with E-state index in [0.29, 0.717) is 12.8 Å². The Bertz CT molecular complexity index is 600. The molecule has 0 unspecified atom stereocenters. The molecule has 0 aliphatic carbocycles. The predicted molar refractivity (Wildman–Crippen MR) is 83.8 cm³/mol.